The highest BCUT2D eigenvalue weighted by Gasteiger charge is 2.28. The zero-order valence-corrected chi connectivity index (χ0v) is 16.6. The molecule has 0 saturated carbocycles. The third-order valence-corrected chi connectivity index (χ3v) is 5.21. The molecular weight excluding hydrogens is 320 g/mol. The number of aromatic amines is 1. The van der Waals surface area contributed by atoms with Gasteiger partial charge in [-0.1, -0.05) is 40.5 Å². The largest absolute Gasteiger partial charge is 0.342 e. The summed E-state index contributed by atoms with van der Waals surface area (Å²) in [6, 6.07) is 2.48. The van der Waals surface area contributed by atoms with Gasteiger partial charge in [-0.15, -0.1) is 0 Å². The quantitative estimate of drug-likeness (QED) is 0.766. The molecule has 0 amide bonds. The minimum Gasteiger partial charge on any atom is -0.342 e. The summed E-state index contributed by atoms with van der Waals surface area (Å²) in [5, 5.41) is 10.0. The first kappa shape index (κ1) is 18.6. The van der Waals surface area contributed by atoms with Crippen LogP contribution in [0.5, 0.6) is 0 Å². The van der Waals surface area contributed by atoms with Crippen LogP contribution < -0.4 is 0 Å². The molecule has 0 fully saturated rings. The summed E-state index contributed by atoms with van der Waals surface area (Å²) in [6.07, 6.45) is 10.7. The molecule has 2 heterocycles. The van der Waals surface area contributed by atoms with Crippen LogP contribution in [0.4, 0.5) is 0 Å². The maximum atomic E-state index is 10.0. The van der Waals surface area contributed by atoms with Gasteiger partial charge in [0.05, 0.1) is 23.1 Å². The van der Waals surface area contributed by atoms with E-state index in [1.54, 1.807) is 0 Å². The molecule has 0 bridgehead atoms. The lowest BCUT2D eigenvalue weighted by atomic mass is 9.84. The van der Waals surface area contributed by atoms with Crippen LogP contribution in [0.3, 0.4) is 0 Å². The molecule has 1 N–H and O–H groups in total. The van der Waals surface area contributed by atoms with Crippen LogP contribution in [0.2, 0.25) is 0 Å². The van der Waals surface area contributed by atoms with Crippen molar-refractivity contribution in [1.82, 2.24) is 15.0 Å². The number of nitriles is 1. The number of nitrogens with one attached hydrogen (secondary N) is 1. The van der Waals surface area contributed by atoms with Gasteiger partial charge in [0.1, 0.15) is 11.9 Å². The monoisotopic (exact) mass is 350 g/mol. The summed E-state index contributed by atoms with van der Waals surface area (Å²) in [7, 11) is 0. The predicted octanol–water partition coefficient (Wildman–Crippen LogP) is 5.25. The number of unbranched alkanes of at least 4 members (excludes halogenated alkanes) is 1. The van der Waals surface area contributed by atoms with E-state index in [9.17, 15) is 5.26 Å². The topological polar surface area (TPSA) is 65.4 Å². The summed E-state index contributed by atoms with van der Waals surface area (Å²) in [6.45, 7) is 8.62. The van der Waals surface area contributed by atoms with Crippen LogP contribution in [0.25, 0.3) is 11.3 Å². The Balaban J connectivity index is 2.21. The van der Waals surface area contributed by atoms with Gasteiger partial charge < -0.3 is 4.98 Å². The standard InChI is InChI=1S/C22H30N4/c1-5-6-12-19-24-14-18(25-19)20-15-10-8-7-9-11-17(15)26-21(16(20)13-23)22(2,3)4/h14H,5-12H2,1-4H3,(H,24,25). The van der Waals surface area contributed by atoms with Crippen molar-refractivity contribution in [2.45, 2.75) is 84.5 Å². The number of fused-ring (bicyclic) bond motifs is 1. The van der Waals surface area contributed by atoms with E-state index in [1.165, 1.54) is 24.1 Å². The third-order valence-electron chi connectivity index (χ3n) is 5.21. The Hall–Kier alpha value is -2.15. The van der Waals surface area contributed by atoms with Crippen LogP contribution in [-0.2, 0) is 24.7 Å². The van der Waals surface area contributed by atoms with Crippen molar-refractivity contribution in [2.24, 2.45) is 0 Å². The van der Waals surface area contributed by atoms with Crippen LogP contribution >= 0.6 is 0 Å². The Bertz CT molecular complexity index is 818. The number of pyridine rings is 1. The van der Waals surface area contributed by atoms with E-state index in [0.29, 0.717) is 0 Å². The van der Waals surface area contributed by atoms with Gasteiger partial charge in [-0.2, -0.15) is 5.26 Å². The van der Waals surface area contributed by atoms with Gasteiger partial charge >= 0.3 is 0 Å². The van der Waals surface area contributed by atoms with Crippen molar-refractivity contribution in [1.29, 1.82) is 5.26 Å². The Morgan fingerprint density at radius 3 is 2.65 bits per heavy atom. The molecule has 0 aliphatic heterocycles. The molecular formula is C22H30N4. The molecule has 4 heteroatoms. The van der Waals surface area contributed by atoms with E-state index < -0.39 is 0 Å². The first-order chi connectivity index (χ1) is 12.5. The lowest BCUT2D eigenvalue weighted by molar-refractivity contribution is 0.562. The summed E-state index contributed by atoms with van der Waals surface area (Å²) < 4.78 is 0. The average molecular weight is 351 g/mol. The highest BCUT2D eigenvalue weighted by molar-refractivity contribution is 5.73. The highest BCUT2D eigenvalue weighted by atomic mass is 14.9. The number of aryl methyl sites for hydroxylation is 2. The summed E-state index contributed by atoms with van der Waals surface area (Å²) in [5.74, 6) is 1.02. The molecule has 26 heavy (non-hydrogen) atoms. The van der Waals surface area contributed by atoms with E-state index in [-0.39, 0.29) is 5.41 Å². The number of hydrogen-bond donors (Lipinski definition) is 1. The van der Waals surface area contributed by atoms with Crippen LogP contribution in [0.1, 0.15) is 88.1 Å². The second-order valence-corrected chi connectivity index (χ2v) is 8.41. The predicted molar refractivity (Wildman–Crippen MR) is 105 cm³/mol. The molecule has 4 nitrogen and oxygen atoms in total. The Kier molecular flexibility index (Phi) is 5.46. The molecule has 1 aliphatic carbocycles. The zero-order valence-electron chi connectivity index (χ0n) is 16.6. The fourth-order valence-corrected chi connectivity index (χ4v) is 3.83. The number of H-pyrrole nitrogens is 1. The SMILES string of the molecule is CCCCc1ncc(-c2c(C#N)c(C(C)(C)C)nc3c2CCCCC3)[nH]1. The lowest BCUT2D eigenvalue weighted by Crippen LogP contribution is -2.19. The molecule has 2 aromatic heterocycles. The minimum atomic E-state index is -0.161. The van der Waals surface area contributed by atoms with Gasteiger partial charge in [0.2, 0.25) is 0 Å². The van der Waals surface area contributed by atoms with Crippen molar-refractivity contribution < 1.29 is 0 Å². The molecule has 3 rings (SSSR count). The van der Waals surface area contributed by atoms with Crippen LogP contribution in [0, 0.1) is 11.3 Å². The lowest BCUT2D eigenvalue weighted by Gasteiger charge is -2.24. The van der Waals surface area contributed by atoms with Gasteiger partial charge in [-0.05, 0) is 37.7 Å². The molecule has 2 aromatic rings. The second-order valence-electron chi connectivity index (χ2n) is 8.41. The van der Waals surface area contributed by atoms with Crippen LogP contribution in [0.15, 0.2) is 6.20 Å². The van der Waals surface area contributed by atoms with E-state index in [2.05, 4.69) is 43.7 Å². The van der Waals surface area contributed by atoms with Crippen molar-refractivity contribution in [3.8, 4) is 17.3 Å². The van der Waals surface area contributed by atoms with Crippen molar-refractivity contribution in [3.63, 3.8) is 0 Å². The summed E-state index contributed by atoms with van der Waals surface area (Å²) in [5.41, 5.74) is 5.97. The Morgan fingerprint density at radius 2 is 1.96 bits per heavy atom. The first-order valence-electron chi connectivity index (χ1n) is 9.96. The third kappa shape index (κ3) is 3.67. The number of nitrogens with zero attached hydrogens (tertiary/aromatic N) is 3. The normalized spacial score (nSPS) is 14.6. The first-order valence-corrected chi connectivity index (χ1v) is 9.96. The average Bonchev–Trinajstić information content (AvgIpc) is 2.94. The summed E-state index contributed by atoms with van der Waals surface area (Å²) >= 11 is 0. The molecule has 0 atom stereocenters. The molecule has 138 valence electrons. The smallest absolute Gasteiger partial charge is 0.106 e. The number of aromatic nitrogens is 3. The van der Waals surface area contributed by atoms with Gasteiger partial charge in [0.15, 0.2) is 0 Å². The van der Waals surface area contributed by atoms with Gasteiger partial charge in [-0.3, -0.25) is 4.98 Å². The fourth-order valence-electron chi connectivity index (χ4n) is 3.83. The zero-order chi connectivity index (χ0) is 18.7. The van der Waals surface area contributed by atoms with Gasteiger partial charge in [0.25, 0.3) is 0 Å². The fraction of sp³-hybridized carbons (Fsp3) is 0.591. The van der Waals surface area contributed by atoms with E-state index in [0.717, 1.165) is 66.9 Å². The number of imidazole rings is 1. The summed E-state index contributed by atoms with van der Waals surface area (Å²) in [4.78, 5) is 13.1. The second kappa shape index (κ2) is 7.61. The molecule has 0 saturated heterocycles. The molecule has 0 spiro atoms. The van der Waals surface area contributed by atoms with E-state index >= 15 is 0 Å². The molecule has 1 aliphatic rings. The molecule has 0 radical (unpaired) electrons. The molecule has 0 aromatic carbocycles. The Morgan fingerprint density at radius 1 is 1.19 bits per heavy atom. The molecule has 0 unspecified atom stereocenters. The van der Waals surface area contributed by atoms with Gasteiger partial charge in [0, 0.05) is 23.1 Å². The van der Waals surface area contributed by atoms with E-state index in [1.807, 2.05) is 6.20 Å². The minimum absolute atomic E-state index is 0.161. The number of hydrogen-bond acceptors (Lipinski definition) is 3. The Labute approximate surface area is 157 Å². The van der Waals surface area contributed by atoms with Gasteiger partial charge in [-0.25, -0.2) is 4.98 Å². The van der Waals surface area contributed by atoms with E-state index in [4.69, 9.17) is 4.98 Å². The highest BCUT2D eigenvalue weighted by Crippen LogP contribution is 2.37. The maximum absolute atomic E-state index is 10.0. The maximum Gasteiger partial charge on any atom is 0.106 e. The van der Waals surface area contributed by atoms with Crippen LogP contribution in [-0.4, -0.2) is 15.0 Å². The van der Waals surface area contributed by atoms with Crippen molar-refractivity contribution in [2.75, 3.05) is 0 Å². The van der Waals surface area contributed by atoms with Crippen molar-refractivity contribution in [3.05, 3.63) is 34.5 Å². The number of rotatable bonds is 4. The van der Waals surface area contributed by atoms with Crippen molar-refractivity contribution >= 4 is 0 Å².